The Kier molecular flexibility index (Phi) is 10.3. The van der Waals surface area contributed by atoms with Gasteiger partial charge in [0.25, 0.3) is 0 Å². The van der Waals surface area contributed by atoms with Gasteiger partial charge in [-0.3, -0.25) is 14.4 Å². The second-order valence-corrected chi connectivity index (χ2v) is 20.8. The first-order valence-corrected chi connectivity index (χ1v) is 21.4. The van der Waals surface area contributed by atoms with Crippen LogP contribution >= 0.6 is 0 Å². The van der Waals surface area contributed by atoms with Crippen molar-refractivity contribution in [3.8, 4) is 11.4 Å². The molecule has 0 radical (unpaired) electrons. The van der Waals surface area contributed by atoms with E-state index in [9.17, 15) is 29.0 Å². The van der Waals surface area contributed by atoms with Crippen LogP contribution in [0.3, 0.4) is 0 Å². The number of esters is 1. The highest BCUT2D eigenvalue weighted by Gasteiger charge is 2.71. The van der Waals surface area contributed by atoms with Crippen LogP contribution in [0.2, 0.25) is 0 Å². The second kappa shape index (κ2) is 14.1. The Balaban J connectivity index is 1.22. The number of aromatic nitrogens is 3. The van der Waals surface area contributed by atoms with Gasteiger partial charge < -0.3 is 25.3 Å². The fourth-order valence-corrected chi connectivity index (χ4v) is 13.8. The lowest BCUT2D eigenvalue weighted by molar-refractivity contribution is -0.235. The predicted octanol–water partition coefficient (Wildman–Crippen LogP) is 8.47. The van der Waals surface area contributed by atoms with Crippen LogP contribution in [0.5, 0.6) is 0 Å². The number of fused-ring (bicyclic) bond motifs is 7. The zero-order valence-corrected chi connectivity index (χ0v) is 35.6. The molecule has 1 aromatic carbocycles. The van der Waals surface area contributed by atoms with E-state index in [-0.39, 0.29) is 64.0 Å². The van der Waals surface area contributed by atoms with Crippen molar-refractivity contribution < 1.29 is 33.7 Å². The fourth-order valence-electron chi connectivity index (χ4n) is 13.8. The number of ketones is 1. The average molecular weight is 789 g/mol. The zero-order chi connectivity index (χ0) is 41.7. The van der Waals surface area contributed by atoms with Gasteiger partial charge in [-0.25, -0.2) is 4.39 Å². The van der Waals surface area contributed by atoms with Crippen LogP contribution in [0.15, 0.2) is 35.4 Å². The number of allylic oxidation sites excluding steroid dienone is 1. The minimum Gasteiger partial charge on any atom is -0.481 e. The van der Waals surface area contributed by atoms with E-state index in [2.05, 4.69) is 58.7 Å². The molecule has 0 saturated heterocycles. The number of halogens is 1. The van der Waals surface area contributed by atoms with E-state index >= 15 is 0 Å². The van der Waals surface area contributed by atoms with Crippen molar-refractivity contribution in [1.82, 2.24) is 14.8 Å². The SMILES string of the molecule is CC(C)C1=C2[C@H]3CC[C@@H]4[C@@]5(C)CC[C@H](OC(=O)CC(C)(C)C(=O)O)C(C)(C)[C@@H]5CC[C@@]4(C)[C@]3(C)CC[C@@]2([C@@H](O)c2nnc(-c3ccc(F)cc3)n2CCN)CC1=O. The first kappa shape index (κ1) is 41.7. The molecule has 1 aromatic heterocycles. The maximum Gasteiger partial charge on any atom is 0.309 e. The topological polar surface area (TPSA) is 158 Å². The van der Waals surface area contributed by atoms with Crippen LogP contribution in [0.25, 0.3) is 11.4 Å². The van der Waals surface area contributed by atoms with Gasteiger partial charge >= 0.3 is 11.9 Å². The highest BCUT2D eigenvalue weighted by molar-refractivity contribution is 6.00. The number of aliphatic hydroxyl groups is 1. The fraction of sp³-hybridized carbons (Fsp3) is 0.717. The number of carbonyl (C=O) groups excluding carboxylic acids is 2. The first-order chi connectivity index (χ1) is 26.6. The van der Waals surface area contributed by atoms with E-state index < -0.39 is 28.9 Å². The molecule has 4 fully saturated rings. The molecule has 7 rings (SSSR count). The van der Waals surface area contributed by atoms with E-state index in [1.165, 1.54) is 12.1 Å². The Morgan fingerprint density at radius 3 is 2.28 bits per heavy atom. The van der Waals surface area contributed by atoms with Crippen LogP contribution in [-0.4, -0.2) is 55.3 Å². The van der Waals surface area contributed by atoms with Gasteiger partial charge in [-0.15, -0.1) is 10.2 Å². The number of aliphatic hydroxyl groups excluding tert-OH is 1. The number of hydrogen-bond acceptors (Lipinski definition) is 8. The predicted molar refractivity (Wildman–Crippen MR) is 215 cm³/mol. The normalized spacial score (nSPS) is 35.3. The quantitative estimate of drug-likeness (QED) is 0.201. The number of nitrogens with two attached hydrogens (primary N) is 1. The third-order valence-corrected chi connectivity index (χ3v) is 16.9. The number of carbonyl (C=O) groups is 3. The van der Waals surface area contributed by atoms with E-state index in [1.807, 2.05) is 4.57 Å². The number of carboxylic acids is 1. The molecule has 5 aliphatic carbocycles. The molecule has 0 spiro atoms. The molecule has 11 heteroatoms. The van der Waals surface area contributed by atoms with Crippen molar-refractivity contribution in [2.45, 2.75) is 145 Å². The van der Waals surface area contributed by atoms with Crippen molar-refractivity contribution >= 4 is 17.7 Å². The van der Waals surface area contributed by atoms with Crippen LogP contribution in [-0.2, 0) is 25.7 Å². The molecule has 0 aliphatic heterocycles. The molecule has 0 amide bonds. The van der Waals surface area contributed by atoms with Crippen molar-refractivity contribution in [3.63, 3.8) is 0 Å². The summed E-state index contributed by atoms with van der Waals surface area (Å²) in [6, 6.07) is 6.09. The number of benzene rings is 1. The summed E-state index contributed by atoms with van der Waals surface area (Å²) in [6.07, 6.45) is 5.83. The smallest absolute Gasteiger partial charge is 0.309 e. The summed E-state index contributed by atoms with van der Waals surface area (Å²) in [7, 11) is 0. The van der Waals surface area contributed by atoms with Gasteiger partial charge in [-0.1, -0.05) is 48.5 Å². The van der Waals surface area contributed by atoms with Gasteiger partial charge in [0.15, 0.2) is 17.4 Å². The number of rotatable bonds is 10. The summed E-state index contributed by atoms with van der Waals surface area (Å²) in [5.74, 6) is 0.0632. The van der Waals surface area contributed by atoms with Gasteiger partial charge in [0.05, 0.1) is 11.8 Å². The summed E-state index contributed by atoms with van der Waals surface area (Å²) in [4.78, 5) is 39.3. The molecule has 4 saturated carbocycles. The first-order valence-electron chi connectivity index (χ1n) is 21.4. The Labute approximate surface area is 337 Å². The minimum atomic E-state index is -1.19. The van der Waals surface area contributed by atoms with Crippen molar-refractivity contribution in [3.05, 3.63) is 47.1 Å². The molecule has 57 heavy (non-hydrogen) atoms. The zero-order valence-electron chi connectivity index (χ0n) is 35.6. The maximum atomic E-state index is 14.3. The number of ether oxygens (including phenoxy) is 1. The lowest BCUT2D eigenvalue weighted by atomic mass is 9.33. The van der Waals surface area contributed by atoms with E-state index in [1.54, 1.807) is 26.0 Å². The summed E-state index contributed by atoms with van der Waals surface area (Å²) in [5, 5.41) is 31.5. The largest absolute Gasteiger partial charge is 0.481 e. The Morgan fingerprint density at radius 1 is 0.965 bits per heavy atom. The van der Waals surface area contributed by atoms with Crippen molar-refractivity contribution in [2.75, 3.05) is 6.54 Å². The third-order valence-electron chi connectivity index (χ3n) is 16.9. The average Bonchev–Trinajstić information content (AvgIpc) is 3.68. The summed E-state index contributed by atoms with van der Waals surface area (Å²) >= 11 is 0. The number of Topliss-reactive ketones (excluding diaryl/α,β-unsaturated/α-hetero) is 1. The number of nitrogens with zero attached hydrogens (tertiary/aromatic N) is 3. The van der Waals surface area contributed by atoms with Crippen molar-refractivity contribution in [2.24, 2.45) is 61.9 Å². The molecular formula is C46H65FN4O6. The minimum absolute atomic E-state index is 0.000688. The van der Waals surface area contributed by atoms with E-state index in [0.29, 0.717) is 48.6 Å². The van der Waals surface area contributed by atoms with Crippen LogP contribution in [0, 0.1) is 62.0 Å². The molecule has 2 aromatic rings. The molecule has 0 bridgehead atoms. The number of hydrogen-bond donors (Lipinski definition) is 3. The highest BCUT2D eigenvalue weighted by atomic mass is 19.1. The van der Waals surface area contributed by atoms with Crippen LogP contribution < -0.4 is 5.73 Å². The number of aliphatic carboxylic acids is 1. The lowest BCUT2D eigenvalue weighted by Crippen LogP contribution is -2.66. The van der Waals surface area contributed by atoms with Gasteiger partial charge in [0.2, 0.25) is 0 Å². The summed E-state index contributed by atoms with van der Waals surface area (Å²) in [5.41, 5.74) is 6.34. The second-order valence-electron chi connectivity index (χ2n) is 20.8. The summed E-state index contributed by atoms with van der Waals surface area (Å²) < 4.78 is 21.9. The Bertz CT molecular complexity index is 1970. The van der Waals surface area contributed by atoms with E-state index in [0.717, 1.165) is 56.1 Å². The highest BCUT2D eigenvalue weighted by Crippen LogP contribution is 2.77. The van der Waals surface area contributed by atoms with Crippen LogP contribution in [0.4, 0.5) is 4.39 Å². The van der Waals surface area contributed by atoms with E-state index in [4.69, 9.17) is 10.5 Å². The maximum absolute atomic E-state index is 14.3. The van der Waals surface area contributed by atoms with Gasteiger partial charge in [-0.2, -0.15) is 0 Å². The third kappa shape index (κ3) is 6.17. The summed E-state index contributed by atoms with van der Waals surface area (Å²) in [6.45, 7) is 20.0. The van der Waals surface area contributed by atoms with Gasteiger partial charge in [0.1, 0.15) is 18.0 Å². The monoisotopic (exact) mass is 788 g/mol. The molecule has 1 heterocycles. The standard InChI is InChI=1S/C46H65FN4O6/c1-26(2)35-30(52)24-46(37(54)39-50-49-38(51(39)23-22-48)27-10-12-28(47)13-11-27)21-20-44(8)29(36(35)46)14-15-32-43(7)18-17-33(57-34(53)25-41(3,4)40(55)56)42(5,6)31(43)16-19-45(32,44)9/h10-13,26,29,31-33,37,54H,14-25,48H2,1-9H3,(H,55,56)/t29-,31+,32-,33+,37+,43+,44-,45-,46-/m1/s1. The van der Waals surface area contributed by atoms with Gasteiger partial charge in [0, 0.05) is 35.9 Å². The molecule has 5 aliphatic rings. The van der Waals surface area contributed by atoms with Gasteiger partial charge in [-0.05, 0) is 141 Å². The molecule has 0 unspecified atom stereocenters. The molecular weight excluding hydrogens is 724 g/mol. The van der Waals surface area contributed by atoms with Crippen molar-refractivity contribution in [1.29, 1.82) is 0 Å². The molecule has 10 nitrogen and oxygen atoms in total. The lowest BCUT2D eigenvalue weighted by Gasteiger charge is -2.72. The Hall–Kier alpha value is -3.44. The molecule has 312 valence electrons. The Morgan fingerprint density at radius 2 is 1.65 bits per heavy atom. The molecule has 9 atom stereocenters. The number of carboxylic acid groups (broad SMARTS) is 1. The van der Waals surface area contributed by atoms with Crippen LogP contribution in [0.1, 0.15) is 138 Å². The molecule has 4 N–H and O–H groups in total.